The molecule has 0 fully saturated rings. The monoisotopic (exact) mass is 444 g/mol. The molecular weight excluding hydrogens is 412 g/mol. The van der Waals surface area contributed by atoms with Gasteiger partial charge in [-0.15, -0.1) is 0 Å². The molecule has 0 saturated heterocycles. The molecule has 2 aromatic rings. The number of aromatic nitrogens is 2. The summed E-state index contributed by atoms with van der Waals surface area (Å²) in [4.78, 5) is 39.8. The quantitative estimate of drug-likeness (QED) is 0.266. The summed E-state index contributed by atoms with van der Waals surface area (Å²) < 4.78 is 18.3. The first-order valence-corrected chi connectivity index (χ1v) is 10.9. The van der Waals surface area contributed by atoms with E-state index < -0.39 is 5.92 Å². The van der Waals surface area contributed by atoms with Crippen LogP contribution < -0.4 is 4.74 Å². The molecule has 174 valence electrons. The lowest BCUT2D eigenvalue weighted by molar-refractivity contribution is -0.155. The van der Waals surface area contributed by atoms with Crippen LogP contribution in [0, 0.1) is 18.8 Å². The van der Waals surface area contributed by atoms with Crippen LogP contribution in [-0.2, 0) is 32.5 Å². The summed E-state index contributed by atoms with van der Waals surface area (Å²) in [5.74, 6) is -0.771. The Balaban J connectivity index is 1.96. The number of imidazole rings is 1. The van der Waals surface area contributed by atoms with Crippen LogP contribution in [0.1, 0.15) is 48.3 Å². The zero-order valence-electron chi connectivity index (χ0n) is 19.2. The molecule has 0 amide bonds. The topological polar surface area (TPSA) is 96.7 Å². The van der Waals surface area contributed by atoms with Gasteiger partial charge in [0.05, 0.1) is 24.5 Å². The van der Waals surface area contributed by atoms with Crippen molar-refractivity contribution in [3.05, 3.63) is 47.5 Å². The van der Waals surface area contributed by atoms with Crippen LogP contribution in [0.2, 0.25) is 0 Å². The Morgan fingerprint density at radius 2 is 1.97 bits per heavy atom. The molecule has 0 aliphatic rings. The van der Waals surface area contributed by atoms with Crippen molar-refractivity contribution in [3.63, 3.8) is 0 Å². The van der Waals surface area contributed by atoms with Crippen LogP contribution in [0.25, 0.3) is 0 Å². The standard InChI is InChI=1S/C24H32N2O6/c1-5-21(19(15-32-23(28)6-2)12-20-13-26(4)16-25-20)24(29)31-10-9-30-22-11-18(14-27)8-7-17(22)3/h7-8,11,13-14,16,19,21H,5-6,9-10,12,15H2,1-4H3. The van der Waals surface area contributed by atoms with E-state index in [1.54, 1.807) is 31.5 Å². The summed E-state index contributed by atoms with van der Waals surface area (Å²) in [6.07, 6.45) is 5.66. The van der Waals surface area contributed by atoms with Crippen LogP contribution in [0.15, 0.2) is 30.7 Å². The van der Waals surface area contributed by atoms with Crippen molar-refractivity contribution in [1.29, 1.82) is 0 Å². The second kappa shape index (κ2) is 12.6. The van der Waals surface area contributed by atoms with Gasteiger partial charge >= 0.3 is 11.9 Å². The lowest BCUT2D eigenvalue weighted by atomic mass is 9.87. The Kier molecular flexibility index (Phi) is 9.91. The van der Waals surface area contributed by atoms with Crippen LogP contribution in [0.5, 0.6) is 5.75 Å². The van der Waals surface area contributed by atoms with E-state index in [1.807, 2.05) is 31.7 Å². The summed E-state index contributed by atoms with van der Waals surface area (Å²) in [5.41, 5.74) is 2.24. The Morgan fingerprint density at radius 3 is 2.59 bits per heavy atom. The number of rotatable bonds is 13. The number of aryl methyl sites for hydroxylation is 2. The zero-order chi connectivity index (χ0) is 23.5. The molecule has 2 atom stereocenters. The van der Waals surface area contributed by atoms with E-state index in [4.69, 9.17) is 14.2 Å². The highest BCUT2D eigenvalue weighted by Crippen LogP contribution is 2.23. The smallest absolute Gasteiger partial charge is 0.309 e. The number of ether oxygens (including phenoxy) is 3. The number of nitrogens with zero attached hydrogens (tertiary/aromatic N) is 2. The van der Waals surface area contributed by atoms with Gasteiger partial charge in [0, 0.05) is 31.1 Å². The van der Waals surface area contributed by atoms with Crippen LogP contribution in [-0.4, -0.2) is 47.6 Å². The zero-order valence-corrected chi connectivity index (χ0v) is 19.2. The summed E-state index contributed by atoms with van der Waals surface area (Å²) in [7, 11) is 1.88. The number of benzene rings is 1. The van der Waals surface area contributed by atoms with Crippen LogP contribution in [0.3, 0.4) is 0 Å². The van der Waals surface area contributed by atoms with E-state index in [-0.39, 0.29) is 44.1 Å². The maximum Gasteiger partial charge on any atom is 0.309 e. The van der Waals surface area contributed by atoms with Crippen molar-refractivity contribution in [2.75, 3.05) is 19.8 Å². The first-order chi connectivity index (χ1) is 15.4. The molecule has 1 heterocycles. The molecule has 1 aromatic heterocycles. The number of carbonyl (C=O) groups is 3. The second-order valence-electron chi connectivity index (χ2n) is 7.70. The van der Waals surface area contributed by atoms with Gasteiger partial charge in [-0.2, -0.15) is 0 Å². The Hall–Kier alpha value is -3.16. The molecule has 8 nitrogen and oxygen atoms in total. The summed E-state index contributed by atoms with van der Waals surface area (Å²) in [6.45, 7) is 5.89. The van der Waals surface area contributed by atoms with E-state index in [0.717, 1.165) is 17.5 Å². The average molecular weight is 445 g/mol. The summed E-state index contributed by atoms with van der Waals surface area (Å²) in [6, 6.07) is 5.18. The lowest BCUT2D eigenvalue weighted by Gasteiger charge is -2.24. The fraction of sp³-hybridized carbons (Fsp3) is 0.500. The van der Waals surface area contributed by atoms with Gasteiger partial charge in [-0.05, 0) is 31.4 Å². The number of hydrogen-bond acceptors (Lipinski definition) is 7. The molecule has 0 aliphatic heterocycles. The van der Waals surface area contributed by atoms with Gasteiger partial charge in [-0.25, -0.2) is 4.98 Å². The van der Waals surface area contributed by atoms with Gasteiger partial charge in [0.25, 0.3) is 0 Å². The van der Waals surface area contributed by atoms with E-state index >= 15 is 0 Å². The van der Waals surface area contributed by atoms with Gasteiger partial charge in [0.1, 0.15) is 25.2 Å². The predicted octanol–water partition coefficient (Wildman–Crippen LogP) is 3.30. The van der Waals surface area contributed by atoms with Crippen molar-refractivity contribution in [2.45, 2.75) is 40.0 Å². The number of esters is 2. The van der Waals surface area contributed by atoms with E-state index in [9.17, 15) is 14.4 Å². The van der Waals surface area contributed by atoms with Crippen LogP contribution in [0.4, 0.5) is 0 Å². The molecule has 0 radical (unpaired) electrons. The predicted molar refractivity (Wildman–Crippen MR) is 118 cm³/mol. The fourth-order valence-corrected chi connectivity index (χ4v) is 3.40. The van der Waals surface area contributed by atoms with Crippen molar-refractivity contribution in [1.82, 2.24) is 9.55 Å². The molecule has 1 aromatic carbocycles. The Morgan fingerprint density at radius 1 is 1.19 bits per heavy atom. The Bertz CT molecular complexity index is 908. The molecule has 0 spiro atoms. The van der Waals surface area contributed by atoms with Crippen molar-refractivity contribution >= 4 is 18.2 Å². The minimum Gasteiger partial charge on any atom is -0.490 e. The highest BCUT2D eigenvalue weighted by Gasteiger charge is 2.30. The highest BCUT2D eigenvalue weighted by atomic mass is 16.6. The van der Waals surface area contributed by atoms with E-state index in [1.165, 1.54) is 0 Å². The first kappa shape index (κ1) is 25.1. The molecule has 8 heteroatoms. The maximum absolute atomic E-state index is 12.8. The average Bonchev–Trinajstić information content (AvgIpc) is 3.20. The van der Waals surface area contributed by atoms with Gasteiger partial charge in [0.15, 0.2) is 0 Å². The van der Waals surface area contributed by atoms with Crippen LogP contribution >= 0.6 is 0 Å². The van der Waals surface area contributed by atoms with Gasteiger partial charge in [-0.3, -0.25) is 14.4 Å². The van der Waals surface area contributed by atoms with Crippen molar-refractivity contribution in [2.24, 2.45) is 18.9 Å². The molecule has 0 N–H and O–H groups in total. The molecular formula is C24H32N2O6. The third kappa shape index (κ3) is 7.51. The van der Waals surface area contributed by atoms with Gasteiger partial charge in [-0.1, -0.05) is 26.0 Å². The Labute approximate surface area is 188 Å². The molecule has 0 aliphatic carbocycles. The normalized spacial score (nSPS) is 12.6. The number of carbonyl (C=O) groups excluding carboxylic acids is 3. The summed E-state index contributed by atoms with van der Waals surface area (Å²) >= 11 is 0. The molecule has 0 saturated carbocycles. The maximum atomic E-state index is 12.8. The second-order valence-corrected chi connectivity index (χ2v) is 7.70. The van der Waals surface area contributed by atoms with Crippen molar-refractivity contribution < 1.29 is 28.6 Å². The van der Waals surface area contributed by atoms with Gasteiger partial charge in [0.2, 0.25) is 0 Å². The van der Waals surface area contributed by atoms with Gasteiger partial charge < -0.3 is 18.8 Å². The largest absolute Gasteiger partial charge is 0.490 e. The molecule has 2 unspecified atom stereocenters. The minimum absolute atomic E-state index is 0.0745. The van der Waals surface area contributed by atoms with E-state index in [0.29, 0.717) is 24.2 Å². The minimum atomic E-state index is -0.443. The molecule has 2 rings (SSSR count). The highest BCUT2D eigenvalue weighted by molar-refractivity contribution is 5.76. The third-order valence-electron chi connectivity index (χ3n) is 5.22. The third-order valence-corrected chi connectivity index (χ3v) is 5.22. The molecule has 32 heavy (non-hydrogen) atoms. The SMILES string of the molecule is CCC(=O)OCC(Cc1cn(C)cn1)C(CC)C(=O)OCCOc1cc(C=O)ccc1C. The summed E-state index contributed by atoms with van der Waals surface area (Å²) in [5, 5.41) is 0. The number of hydrogen-bond donors (Lipinski definition) is 0. The molecule has 0 bridgehead atoms. The lowest BCUT2D eigenvalue weighted by Crippen LogP contribution is -2.32. The van der Waals surface area contributed by atoms with E-state index in [2.05, 4.69) is 4.98 Å². The first-order valence-electron chi connectivity index (χ1n) is 10.9. The fourth-order valence-electron chi connectivity index (χ4n) is 3.40. The van der Waals surface area contributed by atoms with Crippen molar-refractivity contribution in [3.8, 4) is 5.75 Å². The number of aldehydes is 1.